The highest BCUT2D eigenvalue weighted by Gasteiger charge is 2.27. The van der Waals surface area contributed by atoms with Crippen molar-refractivity contribution in [2.75, 3.05) is 18.4 Å². The molecule has 30 heavy (non-hydrogen) atoms. The number of carbonyl (C=O) groups is 1. The van der Waals surface area contributed by atoms with Gasteiger partial charge in [0, 0.05) is 24.2 Å². The lowest BCUT2D eigenvalue weighted by Gasteiger charge is -2.28. The van der Waals surface area contributed by atoms with Crippen LogP contribution in [0.4, 0.5) is 18.9 Å². The second-order valence-electron chi connectivity index (χ2n) is 6.63. The molecule has 2 N–H and O–H groups in total. The largest absolute Gasteiger partial charge is 0.485 e. The molecule has 1 fully saturated rings. The number of aromatic nitrogens is 2. The summed E-state index contributed by atoms with van der Waals surface area (Å²) in [5, 5.41) is 7.01. The van der Waals surface area contributed by atoms with Gasteiger partial charge in [-0.2, -0.15) is 0 Å². The molecule has 156 valence electrons. The first-order valence-corrected chi connectivity index (χ1v) is 10.1. The second-order valence-corrected chi connectivity index (χ2v) is 7.48. The van der Waals surface area contributed by atoms with E-state index >= 15 is 0 Å². The molecule has 1 aliphatic rings. The van der Waals surface area contributed by atoms with E-state index in [1.807, 2.05) is 0 Å². The van der Waals surface area contributed by atoms with E-state index in [4.69, 9.17) is 4.74 Å². The molecule has 0 spiro atoms. The molecular weight excluding hydrogens is 417 g/mol. The molecule has 1 aliphatic heterocycles. The summed E-state index contributed by atoms with van der Waals surface area (Å²) >= 11 is 0.947. The van der Waals surface area contributed by atoms with Crippen molar-refractivity contribution in [2.24, 2.45) is 0 Å². The van der Waals surface area contributed by atoms with Gasteiger partial charge in [0.2, 0.25) is 0 Å². The number of piperidine rings is 1. The molecule has 2 atom stereocenters. The van der Waals surface area contributed by atoms with Gasteiger partial charge >= 0.3 is 0 Å². The zero-order valence-corrected chi connectivity index (χ0v) is 16.4. The number of nitrogens with one attached hydrogen (secondary N) is 2. The Labute approximate surface area is 174 Å². The summed E-state index contributed by atoms with van der Waals surface area (Å²) in [6, 6.07) is 5.03. The lowest BCUT2D eigenvalue weighted by molar-refractivity contribution is 0.0735. The van der Waals surface area contributed by atoms with Gasteiger partial charge in [0.15, 0.2) is 0 Å². The number of amides is 1. The fourth-order valence-electron chi connectivity index (χ4n) is 3.05. The van der Waals surface area contributed by atoms with Gasteiger partial charge in [0.25, 0.3) is 5.91 Å². The number of anilines is 1. The number of pyridine rings is 1. The van der Waals surface area contributed by atoms with Crippen molar-refractivity contribution in [1.29, 1.82) is 0 Å². The predicted octanol–water partition coefficient (Wildman–Crippen LogP) is 3.81. The van der Waals surface area contributed by atoms with Crippen LogP contribution < -0.4 is 15.4 Å². The first kappa shape index (κ1) is 20.3. The van der Waals surface area contributed by atoms with Crippen molar-refractivity contribution in [3.05, 3.63) is 59.4 Å². The lowest BCUT2D eigenvalue weighted by Crippen LogP contribution is -2.44. The first-order chi connectivity index (χ1) is 14.5. The van der Waals surface area contributed by atoms with Crippen molar-refractivity contribution >= 4 is 22.9 Å². The summed E-state index contributed by atoms with van der Waals surface area (Å²) in [5.41, 5.74) is -0.0515. The Hall–Kier alpha value is -2.98. The Balaban J connectivity index is 1.52. The fourth-order valence-corrected chi connectivity index (χ4v) is 3.90. The number of hydrogen-bond acceptors (Lipinski definition) is 6. The molecule has 1 aromatic carbocycles. The molecule has 0 bridgehead atoms. The highest BCUT2D eigenvalue weighted by atomic mass is 32.1. The van der Waals surface area contributed by atoms with E-state index in [1.54, 1.807) is 0 Å². The van der Waals surface area contributed by atoms with E-state index < -0.39 is 29.8 Å². The molecule has 6 nitrogen and oxygen atoms in total. The quantitative estimate of drug-likeness (QED) is 0.639. The molecule has 3 heterocycles. The molecule has 1 saturated heterocycles. The van der Waals surface area contributed by atoms with E-state index in [9.17, 15) is 18.0 Å². The van der Waals surface area contributed by atoms with Gasteiger partial charge in [-0.3, -0.25) is 9.78 Å². The minimum atomic E-state index is -1.17. The SMILES string of the molecule is O=C(Nc1cnccc1O[C@@H]1CCNC[C@@H]1F)c1csc(-c2c(F)cccc2F)n1. The summed E-state index contributed by atoms with van der Waals surface area (Å²) in [7, 11) is 0. The molecule has 2 aromatic heterocycles. The van der Waals surface area contributed by atoms with Crippen LogP contribution in [0.15, 0.2) is 42.0 Å². The van der Waals surface area contributed by atoms with Crippen LogP contribution in [0.2, 0.25) is 0 Å². The molecule has 0 unspecified atom stereocenters. The average Bonchev–Trinajstić information content (AvgIpc) is 3.21. The number of benzene rings is 1. The van der Waals surface area contributed by atoms with Crippen LogP contribution in [0.3, 0.4) is 0 Å². The normalized spacial score (nSPS) is 18.8. The summed E-state index contributed by atoms with van der Waals surface area (Å²) in [4.78, 5) is 20.6. The Morgan fingerprint density at radius 3 is 2.83 bits per heavy atom. The first-order valence-electron chi connectivity index (χ1n) is 9.19. The number of ether oxygens (including phenoxy) is 1. The zero-order valence-electron chi connectivity index (χ0n) is 15.6. The number of halogens is 3. The summed E-state index contributed by atoms with van der Waals surface area (Å²) in [6.45, 7) is 0.831. The third-order valence-electron chi connectivity index (χ3n) is 4.57. The van der Waals surface area contributed by atoms with Gasteiger partial charge < -0.3 is 15.4 Å². The minimum absolute atomic E-state index is 0.0160. The molecular formula is C20H17F3N4O2S. The van der Waals surface area contributed by atoms with Crippen molar-refractivity contribution < 1.29 is 22.7 Å². The Morgan fingerprint density at radius 2 is 2.07 bits per heavy atom. The Bertz CT molecular complexity index is 1040. The molecule has 0 saturated carbocycles. The fraction of sp³-hybridized carbons (Fsp3) is 0.250. The van der Waals surface area contributed by atoms with E-state index in [1.165, 1.54) is 29.9 Å². The molecule has 0 radical (unpaired) electrons. The minimum Gasteiger partial charge on any atom is -0.485 e. The predicted molar refractivity (Wildman–Crippen MR) is 106 cm³/mol. The number of rotatable bonds is 5. The zero-order chi connectivity index (χ0) is 21.1. The molecule has 3 aromatic rings. The van der Waals surface area contributed by atoms with Crippen molar-refractivity contribution in [3.8, 4) is 16.3 Å². The van der Waals surface area contributed by atoms with Gasteiger partial charge in [-0.15, -0.1) is 11.3 Å². The molecule has 10 heteroatoms. The number of alkyl halides is 1. The topological polar surface area (TPSA) is 76.1 Å². The molecule has 0 aliphatic carbocycles. The number of carbonyl (C=O) groups excluding carboxylic acids is 1. The number of nitrogens with zero attached hydrogens (tertiary/aromatic N) is 2. The van der Waals surface area contributed by atoms with Gasteiger partial charge in [-0.1, -0.05) is 6.07 Å². The van der Waals surface area contributed by atoms with Crippen LogP contribution in [0.1, 0.15) is 16.9 Å². The highest BCUT2D eigenvalue weighted by Crippen LogP contribution is 2.30. The van der Waals surface area contributed by atoms with E-state index in [0.717, 1.165) is 23.5 Å². The van der Waals surface area contributed by atoms with Crippen LogP contribution >= 0.6 is 11.3 Å². The maximum absolute atomic E-state index is 14.1. The van der Waals surface area contributed by atoms with Gasteiger partial charge in [-0.25, -0.2) is 18.2 Å². The molecule has 1 amide bonds. The van der Waals surface area contributed by atoms with Crippen LogP contribution in [-0.4, -0.2) is 41.2 Å². The smallest absolute Gasteiger partial charge is 0.275 e. The second kappa shape index (κ2) is 8.80. The number of hydrogen-bond donors (Lipinski definition) is 2. The van der Waals surface area contributed by atoms with Crippen LogP contribution in [0, 0.1) is 11.6 Å². The summed E-state index contributed by atoms with van der Waals surface area (Å²) < 4.78 is 47.7. The monoisotopic (exact) mass is 434 g/mol. The van der Waals surface area contributed by atoms with Crippen molar-refractivity contribution in [2.45, 2.75) is 18.7 Å². The third kappa shape index (κ3) is 4.29. The Kier molecular flexibility index (Phi) is 5.96. The standard InChI is InChI=1S/C20H17F3N4O2S/c21-11-2-1-3-12(22)18(11)20-27-15(10-30-20)19(28)26-14-9-25-7-5-17(14)29-16-4-6-24-8-13(16)23/h1-3,5,7,9-10,13,16,24H,4,6,8H2,(H,26,28)/t13-,16+/m0/s1. The number of thiazole rings is 1. The van der Waals surface area contributed by atoms with E-state index in [0.29, 0.717) is 13.0 Å². The highest BCUT2D eigenvalue weighted by molar-refractivity contribution is 7.13. The van der Waals surface area contributed by atoms with E-state index in [2.05, 4.69) is 20.6 Å². The van der Waals surface area contributed by atoms with Gasteiger partial charge in [-0.05, 0) is 25.1 Å². The van der Waals surface area contributed by atoms with E-state index in [-0.39, 0.29) is 34.2 Å². The average molecular weight is 434 g/mol. The van der Waals surface area contributed by atoms with Gasteiger partial charge in [0.1, 0.15) is 46.0 Å². The van der Waals surface area contributed by atoms with Crippen molar-refractivity contribution in [1.82, 2.24) is 15.3 Å². The van der Waals surface area contributed by atoms with Crippen LogP contribution in [-0.2, 0) is 0 Å². The van der Waals surface area contributed by atoms with Gasteiger partial charge in [0.05, 0.1) is 11.8 Å². The van der Waals surface area contributed by atoms with Crippen LogP contribution in [0.5, 0.6) is 5.75 Å². The Morgan fingerprint density at radius 1 is 1.27 bits per heavy atom. The third-order valence-corrected chi connectivity index (χ3v) is 5.43. The lowest BCUT2D eigenvalue weighted by atomic mass is 10.1. The maximum atomic E-state index is 14.1. The molecule has 4 rings (SSSR count). The summed E-state index contributed by atoms with van der Waals surface area (Å²) in [6.07, 6.45) is 1.53. The van der Waals surface area contributed by atoms with Crippen molar-refractivity contribution in [3.63, 3.8) is 0 Å². The maximum Gasteiger partial charge on any atom is 0.275 e. The van der Waals surface area contributed by atoms with Crippen LogP contribution in [0.25, 0.3) is 10.6 Å². The summed E-state index contributed by atoms with van der Waals surface area (Å²) in [5.74, 6) is -1.85.